The summed E-state index contributed by atoms with van der Waals surface area (Å²) in [6, 6.07) is 4.11. The molecule has 0 spiro atoms. The van der Waals surface area contributed by atoms with Crippen molar-refractivity contribution in [1.29, 1.82) is 0 Å². The zero-order valence-electron chi connectivity index (χ0n) is 11.6. The average Bonchev–Trinajstić information content (AvgIpc) is 2.27. The maximum absolute atomic E-state index is 10.5. The third-order valence-corrected chi connectivity index (χ3v) is 2.95. The summed E-state index contributed by atoms with van der Waals surface area (Å²) in [6.07, 6.45) is 1.72. The second-order valence-corrected chi connectivity index (χ2v) is 4.91. The van der Waals surface area contributed by atoms with Gasteiger partial charge in [-0.15, -0.1) is 0 Å². The number of ether oxygens (including phenoxy) is 1. The molecule has 1 N–H and O–H groups in total. The molecule has 0 radical (unpaired) electrons. The maximum atomic E-state index is 10.5. The molecule has 0 saturated carbocycles. The third kappa shape index (κ3) is 4.06. The summed E-state index contributed by atoms with van der Waals surface area (Å²) in [5, 5.41) is 8.67. The molecular weight excluding hydrogens is 228 g/mol. The molecule has 0 atom stereocenters. The SMILES string of the molecule is Cc1ccc(CCCC(=O)O)c(OC(C)C)c1C. The van der Waals surface area contributed by atoms with Crippen molar-refractivity contribution in [3.8, 4) is 5.75 Å². The van der Waals surface area contributed by atoms with Crippen LogP contribution in [0.2, 0.25) is 0 Å². The van der Waals surface area contributed by atoms with E-state index in [2.05, 4.69) is 13.0 Å². The van der Waals surface area contributed by atoms with Crippen molar-refractivity contribution in [2.75, 3.05) is 0 Å². The van der Waals surface area contributed by atoms with Crippen LogP contribution in [0, 0.1) is 13.8 Å². The molecule has 0 aliphatic rings. The topological polar surface area (TPSA) is 46.5 Å². The summed E-state index contributed by atoms with van der Waals surface area (Å²) in [5.41, 5.74) is 3.46. The van der Waals surface area contributed by atoms with Crippen molar-refractivity contribution in [1.82, 2.24) is 0 Å². The summed E-state index contributed by atoms with van der Waals surface area (Å²) < 4.78 is 5.87. The van der Waals surface area contributed by atoms with Crippen LogP contribution in [-0.2, 0) is 11.2 Å². The normalized spacial score (nSPS) is 10.7. The Balaban J connectivity index is 2.88. The highest BCUT2D eigenvalue weighted by Gasteiger charge is 2.11. The number of carbonyl (C=O) groups is 1. The van der Waals surface area contributed by atoms with Gasteiger partial charge in [-0.05, 0) is 57.2 Å². The van der Waals surface area contributed by atoms with Crippen LogP contribution in [0.25, 0.3) is 0 Å². The lowest BCUT2D eigenvalue weighted by molar-refractivity contribution is -0.137. The van der Waals surface area contributed by atoms with Crippen LogP contribution in [0.5, 0.6) is 5.75 Å². The van der Waals surface area contributed by atoms with Crippen molar-refractivity contribution in [2.24, 2.45) is 0 Å². The number of rotatable bonds is 6. The Morgan fingerprint density at radius 2 is 2.00 bits per heavy atom. The first-order valence-corrected chi connectivity index (χ1v) is 6.39. The molecule has 0 amide bonds. The van der Waals surface area contributed by atoms with Gasteiger partial charge in [0.2, 0.25) is 0 Å². The van der Waals surface area contributed by atoms with Gasteiger partial charge in [0.05, 0.1) is 6.10 Å². The molecule has 0 aliphatic carbocycles. The van der Waals surface area contributed by atoms with E-state index in [1.807, 2.05) is 26.8 Å². The molecule has 0 heterocycles. The smallest absolute Gasteiger partial charge is 0.303 e. The molecule has 0 unspecified atom stereocenters. The van der Waals surface area contributed by atoms with Crippen molar-refractivity contribution >= 4 is 5.97 Å². The van der Waals surface area contributed by atoms with Gasteiger partial charge >= 0.3 is 5.97 Å². The molecular formula is C15H22O3. The summed E-state index contributed by atoms with van der Waals surface area (Å²) >= 11 is 0. The highest BCUT2D eigenvalue weighted by molar-refractivity contribution is 5.66. The fourth-order valence-corrected chi connectivity index (χ4v) is 1.87. The lowest BCUT2D eigenvalue weighted by Crippen LogP contribution is -2.10. The Morgan fingerprint density at radius 3 is 2.56 bits per heavy atom. The van der Waals surface area contributed by atoms with Crippen LogP contribution in [0.1, 0.15) is 43.4 Å². The second-order valence-electron chi connectivity index (χ2n) is 4.91. The van der Waals surface area contributed by atoms with Gasteiger partial charge in [0.15, 0.2) is 0 Å². The monoisotopic (exact) mass is 250 g/mol. The van der Waals surface area contributed by atoms with Crippen molar-refractivity contribution in [3.63, 3.8) is 0 Å². The first-order valence-electron chi connectivity index (χ1n) is 6.39. The summed E-state index contributed by atoms with van der Waals surface area (Å²) in [7, 11) is 0. The van der Waals surface area contributed by atoms with Crippen LogP contribution < -0.4 is 4.74 Å². The van der Waals surface area contributed by atoms with Crippen LogP contribution in [0.15, 0.2) is 12.1 Å². The van der Waals surface area contributed by atoms with E-state index in [9.17, 15) is 4.79 Å². The minimum absolute atomic E-state index is 0.128. The predicted molar refractivity (Wildman–Crippen MR) is 72.3 cm³/mol. The summed E-state index contributed by atoms with van der Waals surface area (Å²) in [6.45, 7) is 8.11. The first-order chi connectivity index (χ1) is 8.41. The molecule has 100 valence electrons. The quantitative estimate of drug-likeness (QED) is 0.840. The Hall–Kier alpha value is -1.51. The molecule has 18 heavy (non-hydrogen) atoms. The molecule has 1 rings (SSSR count). The van der Waals surface area contributed by atoms with Gasteiger partial charge in [0, 0.05) is 6.42 Å². The molecule has 0 bridgehead atoms. The van der Waals surface area contributed by atoms with Gasteiger partial charge in [-0.3, -0.25) is 4.79 Å². The van der Waals surface area contributed by atoms with Gasteiger partial charge in [-0.25, -0.2) is 0 Å². The second kappa shape index (κ2) is 6.43. The number of hydrogen-bond acceptors (Lipinski definition) is 2. The van der Waals surface area contributed by atoms with E-state index >= 15 is 0 Å². The molecule has 0 aliphatic heterocycles. The number of carboxylic acid groups (broad SMARTS) is 1. The van der Waals surface area contributed by atoms with E-state index in [0.717, 1.165) is 23.3 Å². The Kier molecular flexibility index (Phi) is 5.20. The van der Waals surface area contributed by atoms with Crippen LogP contribution in [0.3, 0.4) is 0 Å². The zero-order chi connectivity index (χ0) is 13.7. The van der Waals surface area contributed by atoms with Crippen LogP contribution >= 0.6 is 0 Å². The van der Waals surface area contributed by atoms with Crippen molar-refractivity contribution in [3.05, 3.63) is 28.8 Å². The van der Waals surface area contributed by atoms with Crippen LogP contribution in [-0.4, -0.2) is 17.2 Å². The van der Waals surface area contributed by atoms with E-state index in [-0.39, 0.29) is 12.5 Å². The van der Waals surface area contributed by atoms with Gasteiger partial charge in [-0.2, -0.15) is 0 Å². The highest BCUT2D eigenvalue weighted by atomic mass is 16.5. The molecule has 0 aromatic heterocycles. The number of benzene rings is 1. The molecule has 3 nitrogen and oxygen atoms in total. The van der Waals surface area contributed by atoms with E-state index in [4.69, 9.17) is 9.84 Å². The van der Waals surface area contributed by atoms with Crippen LogP contribution in [0.4, 0.5) is 0 Å². The number of aliphatic carboxylic acids is 1. The van der Waals surface area contributed by atoms with Crippen molar-refractivity contribution in [2.45, 2.75) is 53.1 Å². The maximum Gasteiger partial charge on any atom is 0.303 e. The Labute approximate surface area is 109 Å². The summed E-state index contributed by atoms with van der Waals surface area (Å²) in [5.74, 6) is 0.181. The largest absolute Gasteiger partial charge is 0.490 e. The minimum atomic E-state index is -0.745. The lowest BCUT2D eigenvalue weighted by Gasteiger charge is -2.18. The average molecular weight is 250 g/mol. The van der Waals surface area contributed by atoms with E-state index < -0.39 is 5.97 Å². The van der Waals surface area contributed by atoms with Gasteiger partial charge in [0.25, 0.3) is 0 Å². The Morgan fingerprint density at radius 1 is 1.33 bits per heavy atom. The third-order valence-electron chi connectivity index (χ3n) is 2.95. The molecule has 0 saturated heterocycles. The number of carboxylic acids is 1. The molecule has 3 heteroatoms. The van der Waals surface area contributed by atoms with Gasteiger partial charge in [-0.1, -0.05) is 12.1 Å². The molecule has 1 aromatic carbocycles. The van der Waals surface area contributed by atoms with E-state index in [1.165, 1.54) is 5.56 Å². The van der Waals surface area contributed by atoms with Gasteiger partial charge in [0.1, 0.15) is 5.75 Å². The first kappa shape index (κ1) is 14.6. The number of aryl methyl sites for hydroxylation is 2. The molecule has 1 aromatic rings. The van der Waals surface area contributed by atoms with Gasteiger partial charge < -0.3 is 9.84 Å². The molecule has 0 fully saturated rings. The minimum Gasteiger partial charge on any atom is -0.490 e. The fraction of sp³-hybridized carbons (Fsp3) is 0.533. The predicted octanol–water partition coefficient (Wildman–Crippen LogP) is 3.50. The summed E-state index contributed by atoms with van der Waals surface area (Å²) in [4.78, 5) is 10.5. The number of hydrogen-bond donors (Lipinski definition) is 1. The standard InChI is InChI=1S/C15H22O3/c1-10(2)18-15-12(4)11(3)8-9-13(15)6-5-7-14(16)17/h8-10H,5-7H2,1-4H3,(H,16,17). The Bertz CT molecular complexity index is 422. The van der Waals surface area contributed by atoms with E-state index in [0.29, 0.717) is 6.42 Å². The van der Waals surface area contributed by atoms with E-state index in [1.54, 1.807) is 0 Å². The van der Waals surface area contributed by atoms with Crippen molar-refractivity contribution < 1.29 is 14.6 Å². The highest BCUT2D eigenvalue weighted by Crippen LogP contribution is 2.28. The zero-order valence-corrected chi connectivity index (χ0v) is 11.6. The lowest BCUT2D eigenvalue weighted by atomic mass is 10.0. The fourth-order valence-electron chi connectivity index (χ4n) is 1.87.